The van der Waals surface area contributed by atoms with Crippen molar-refractivity contribution < 1.29 is 28.7 Å². The predicted octanol–water partition coefficient (Wildman–Crippen LogP) is 3.99. The van der Waals surface area contributed by atoms with Crippen LogP contribution in [0, 0.1) is 23.7 Å². The Morgan fingerprint density at radius 1 is 0.920 bits per heavy atom. The number of amides is 4. The van der Waals surface area contributed by atoms with E-state index >= 15 is 0 Å². The van der Waals surface area contributed by atoms with Gasteiger partial charge in [0.1, 0.15) is 6.04 Å². The highest BCUT2D eigenvalue weighted by molar-refractivity contribution is 5.90. The van der Waals surface area contributed by atoms with Crippen molar-refractivity contribution in [2.75, 3.05) is 48.5 Å². The molecule has 0 bridgehead atoms. The largest absolute Gasteiger partial charge is 0.379 e. The van der Waals surface area contributed by atoms with Crippen molar-refractivity contribution in [2.45, 2.75) is 117 Å². The molecule has 50 heavy (non-hydrogen) atoms. The summed E-state index contributed by atoms with van der Waals surface area (Å²) in [4.78, 5) is 60.3. The number of rotatable bonds is 20. The zero-order chi connectivity index (χ0) is 37.7. The highest BCUT2D eigenvalue weighted by Gasteiger charge is 2.43. The van der Waals surface area contributed by atoms with Crippen molar-refractivity contribution in [2.24, 2.45) is 23.7 Å². The van der Waals surface area contributed by atoms with Crippen LogP contribution in [0.15, 0.2) is 30.3 Å². The lowest BCUT2D eigenvalue weighted by Crippen LogP contribution is -2.59. The van der Waals surface area contributed by atoms with Crippen LogP contribution >= 0.6 is 0 Å². The Bertz CT molecular complexity index is 1200. The molecular weight excluding hydrogens is 634 g/mol. The average Bonchev–Trinajstić information content (AvgIpc) is 3.56. The summed E-state index contributed by atoms with van der Waals surface area (Å²) in [5.41, 5.74) is 1.15. The van der Waals surface area contributed by atoms with Crippen LogP contribution in [0.1, 0.15) is 79.7 Å². The molecule has 1 saturated heterocycles. The molecule has 1 aliphatic rings. The number of likely N-dealkylation sites (tertiary alicyclic amines) is 1. The molecule has 11 nitrogen and oxygen atoms in total. The summed E-state index contributed by atoms with van der Waals surface area (Å²) in [6, 6.07) is 8.23. The third-order valence-electron chi connectivity index (χ3n) is 10.5. The molecule has 2 rings (SSSR count). The van der Waals surface area contributed by atoms with E-state index < -0.39 is 30.2 Å². The number of nitrogens with one attached hydrogen (secondary N) is 2. The molecule has 0 aromatic heterocycles. The maximum atomic E-state index is 14.2. The Morgan fingerprint density at radius 2 is 1.56 bits per heavy atom. The fraction of sp³-hybridized carbons (Fsp3) is 0.744. The van der Waals surface area contributed by atoms with Crippen LogP contribution in [0.2, 0.25) is 0 Å². The Labute approximate surface area is 302 Å². The molecule has 2 unspecified atom stereocenters. The first-order chi connectivity index (χ1) is 23.6. The van der Waals surface area contributed by atoms with Gasteiger partial charge in [-0.2, -0.15) is 0 Å². The molecule has 284 valence electrons. The van der Waals surface area contributed by atoms with Crippen molar-refractivity contribution in [1.82, 2.24) is 25.3 Å². The number of likely N-dealkylation sites (N-methyl/N-ethyl adjacent to an activating group) is 2. The quantitative estimate of drug-likeness (QED) is 0.211. The molecule has 1 heterocycles. The van der Waals surface area contributed by atoms with Crippen LogP contribution in [0.5, 0.6) is 0 Å². The van der Waals surface area contributed by atoms with Crippen molar-refractivity contribution in [3.8, 4) is 0 Å². The van der Waals surface area contributed by atoms with Gasteiger partial charge in [-0.1, -0.05) is 85.2 Å². The number of ether oxygens (including phenoxy) is 2. The van der Waals surface area contributed by atoms with E-state index in [4.69, 9.17) is 9.47 Å². The number of carbonyl (C=O) groups is 4. The van der Waals surface area contributed by atoms with Crippen LogP contribution in [-0.4, -0.2) is 123 Å². The summed E-state index contributed by atoms with van der Waals surface area (Å²) >= 11 is 0. The van der Waals surface area contributed by atoms with Crippen LogP contribution in [0.25, 0.3) is 0 Å². The second-order valence-corrected chi connectivity index (χ2v) is 15.0. The topological polar surface area (TPSA) is 121 Å². The maximum Gasteiger partial charge on any atom is 0.245 e. The average molecular weight is 702 g/mol. The molecule has 1 aromatic carbocycles. The molecule has 1 aliphatic heterocycles. The molecule has 2 N–H and O–H groups in total. The van der Waals surface area contributed by atoms with Crippen LogP contribution in [0.4, 0.5) is 0 Å². The lowest BCUT2D eigenvalue weighted by Gasteiger charge is -2.41. The van der Waals surface area contributed by atoms with E-state index in [1.54, 1.807) is 26.2 Å². The predicted molar refractivity (Wildman–Crippen MR) is 198 cm³/mol. The summed E-state index contributed by atoms with van der Waals surface area (Å²) in [7, 11) is 8.66. The van der Waals surface area contributed by atoms with E-state index in [9.17, 15) is 19.2 Å². The first-order valence-electron chi connectivity index (χ1n) is 18.5. The van der Waals surface area contributed by atoms with E-state index in [1.165, 1.54) is 0 Å². The maximum absolute atomic E-state index is 14.2. The van der Waals surface area contributed by atoms with E-state index in [2.05, 4.69) is 24.5 Å². The third kappa shape index (κ3) is 11.5. The molecule has 4 amide bonds. The minimum atomic E-state index is -0.737. The number of nitrogens with zero attached hydrogens (tertiary/aromatic N) is 3. The van der Waals surface area contributed by atoms with Gasteiger partial charge in [-0.3, -0.25) is 24.1 Å². The van der Waals surface area contributed by atoms with E-state index in [0.717, 1.165) is 31.2 Å². The number of carbonyl (C=O) groups excluding carboxylic acids is 4. The Kier molecular flexibility index (Phi) is 17.9. The highest BCUT2D eigenvalue weighted by Crippen LogP contribution is 2.29. The second kappa shape index (κ2) is 20.7. The molecule has 0 saturated carbocycles. The minimum absolute atomic E-state index is 0.0103. The van der Waals surface area contributed by atoms with Gasteiger partial charge in [-0.25, -0.2) is 0 Å². The van der Waals surface area contributed by atoms with Crippen LogP contribution in [0.3, 0.4) is 0 Å². The first kappa shape index (κ1) is 43.1. The number of hydrogen-bond donors (Lipinski definition) is 2. The third-order valence-corrected chi connectivity index (χ3v) is 10.5. The second-order valence-electron chi connectivity index (χ2n) is 15.0. The van der Waals surface area contributed by atoms with E-state index in [-0.39, 0.29) is 59.9 Å². The van der Waals surface area contributed by atoms with Crippen molar-refractivity contribution in [3.05, 3.63) is 35.9 Å². The van der Waals surface area contributed by atoms with E-state index in [1.807, 2.05) is 88.8 Å². The smallest absolute Gasteiger partial charge is 0.245 e. The number of methoxy groups -OCH3 is 2. The molecule has 11 heteroatoms. The van der Waals surface area contributed by atoms with Gasteiger partial charge < -0.3 is 29.9 Å². The van der Waals surface area contributed by atoms with Crippen molar-refractivity contribution in [3.63, 3.8) is 0 Å². The van der Waals surface area contributed by atoms with Gasteiger partial charge in [0, 0.05) is 34.4 Å². The van der Waals surface area contributed by atoms with Gasteiger partial charge in [0.15, 0.2) is 0 Å². The first-order valence-corrected chi connectivity index (χ1v) is 18.5. The summed E-state index contributed by atoms with van der Waals surface area (Å²) in [6.45, 7) is 14.9. The van der Waals surface area contributed by atoms with Gasteiger partial charge >= 0.3 is 0 Å². The van der Waals surface area contributed by atoms with Crippen LogP contribution < -0.4 is 10.6 Å². The van der Waals surface area contributed by atoms with E-state index in [0.29, 0.717) is 13.1 Å². The van der Waals surface area contributed by atoms with Gasteiger partial charge in [0.2, 0.25) is 23.6 Å². The number of hydrogen-bond acceptors (Lipinski definition) is 7. The molecule has 8 atom stereocenters. The summed E-state index contributed by atoms with van der Waals surface area (Å²) in [6.07, 6.45) is 2.06. The van der Waals surface area contributed by atoms with Crippen LogP contribution in [-0.2, 0) is 35.1 Å². The lowest BCUT2D eigenvalue weighted by molar-refractivity contribution is -0.148. The van der Waals surface area contributed by atoms with Crippen molar-refractivity contribution in [1.29, 1.82) is 0 Å². The summed E-state index contributed by atoms with van der Waals surface area (Å²) in [5.74, 6) is -1.13. The SMILES string of the molecule is CC[C@@H](C)[C@@H](C(CC(=O)N1CCC[C@@H]1[C@H](OC)[C@@H](C)C(=O)NCCc1ccccc1)OC)N(C)C(=O)[C@@H](NC(=O)C(C(C)C)N(C)C)C(C)C. The molecule has 0 spiro atoms. The highest BCUT2D eigenvalue weighted by atomic mass is 16.5. The Balaban J connectivity index is 2.21. The van der Waals surface area contributed by atoms with Crippen molar-refractivity contribution >= 4 is 23.6 Å². The summed E-state index contributed by atoms with van der Waals surface area (Å²) in [5, 5.41) is 6.09. The zero-order valence-corrected chi connectivity index (χ0v) is 32.9. The standard InChI is InChI=1S/C39H67N5O6/c1-13-27(6)35(43(10)39(48)33(25(2)3)41-38(47)34(26(4)5)42(8)9)31(49-11)24-32(45)44-23-17-20-30(44)36(50-12)28(7)37(46)40-22-21-29-18-15-14-16-19-29/h14-16,18-19,25-28,30-31,33-36H,13,17,20-24H2,1-12H3,(H,40,46)(H,41,47)/t27-,28-,30-,31?,33+,34?,35+,36-/m1/s1. The monoisotopic (exact) mass is 702 g/mol. The molecule has 1 aromatic rings. The number of benzene rings is 1. The zero-order valence-electron chi connectivity index (χ0n) is 32.9. The van der Waals surface area contributed by atoms with Gasteiger partial charge in [-0.05, 0) is 56.7 Å². The Hall–Kier alpha value is -3.02. The molecule has 0 radical (unpaired) electrons. The van der Waals surface area contributed by atoms with Gasteiger partial charge in [0.05, 0.1) is 42.7 Å². The molecule has 1 fully saturated rings. The fourth-order valence-corrected chi connectivity index (χ4v) is 7.55. The normalized spacial score (nSPS) is 19.1. The van der Waals surface area contributed by atoms with Gasteiger partial charge in [0.25, 0.3) is 0 Å². The van der Waals surface area contributed by atoms with Gasteiger partial charge in [-0.15, -0.1) is 0 Å². The fourth-order valence-electron chi connectivity index (χ4n) is 7.55. The molecular formula is C39H67N5O6. The lowest BCUT2D eigenvalue weighted by atomic mass is 9.89. The Morgan fingerprint density at radius 3 is 2.08 bits per heavy atom. The summed E-state index contributed by atoms with van der Waals surface area (Å²) < 4.78 is 11.9. The molecule has 0 aliphatic carbocycles. The minimum Gasteiger partial charge on any atom is -0.379 e.